The molecule has 270 valence electrons. The van der Waals surface area contributed by atoms with Crippen LogP contribution in [0.5, 0.6) is 0 Å². The molecule has 0 amide bonds. The van der Waals surface area contributed by atoms with Crippen molar-refractivity contribution in [2.75, 3.05) is 13.1 Å². The van der Waals surface area contributed by atoms with Gasteiger partial charge in [0.1, 0.15) is 0 Å². The van der Waals surface area contributed by atoms with E-state index in [2.05, 4.69) is 104 Å². The number of fused-ring (bicyclic) bond motifs is 2. The van der Waals surface area contributed by atoms with E-state index in [9.17, 15) is 0 Å². The Kier molecular flexibility index (Phi) is 14.8. The van der Waals surface area contributed by atoms with Gasteiger partial charge in [-0.1, -0.05) is 112 Å². The number of aryl methyl sites for hydroxylation is 3. The van der Waals surface area contributed by atoms with Gasteiger partial charge in [0.2, 0.25) is 0 Å². The van der Waals surface area contributed by atoms with Crippen molar-refractivity contribution >= 4 is 0 Å². The molecule has 50 heavy (non-hydrogen) atoms. The second kappa shape index (κ2) is 19.4. The lowest BCUT2D eigenvalue weighted by Crippen LogP contribution is -2.48. The van der Waals surface area contributed by atoms with E-state index >= 15 is 0 Å². The molecular formula is C46H66N4. The highest BCUT2D eigenvalue weighted by molar-refractivity contribution is 5.72. The van der Waals surface area contributed by atoms with Crippen LogP contribution in [-0.2, 0) is 19.3 Å². The molecule has 4 aliphatic rings. The highest BCUT2D eigenvalue weighted by atomic mass is 15.5. The van der Waals surface area contributed by atoms with Gasteiger partial charge in [-0.15, -0.1) is 6.58 Å². The molecule has 7 rings (SSSR count). The zero-order chi connectivity index (χ0) is 35.3. The molecule has 1 saturated heterocycles. The van der Waals surface area contributed by atoms with E-state index in [-0.39, 0.29) is 0 Å². The maximum Gasteiger partial charge on any atom is 0.0632 e. The first-order valence-electron chi connectivity index (χ1n) is 20.0. The molecule has 3 aromatic rings. The van der Waals surface area contributed by atoms with Gasteiger partial charge in [-0.3, -0.25) is 5.43 Å². The van der Waals surface area contributed by atoms with Crippen LogP contribution in [-0.4, -0.2) is 30.2 Å². The summed E-state index contributed by atoms with van der Waals surface area (Å²) in [4.78, 5) is 0. The molecule has 3 aliphatic carbocycles. The monoisotopic (exact) mass is 675 g/mol. The molecule has 0 spiro atoms. The van der Waals surface area contributed by atoms with Crippen molar-refractivity contribution in [1.29, 1.82) is 0 Å². The van der Waals surface area contributed by atoms with Gasteiger partial charge in [-0.05, 0) is 140 Å². The third-order valence-corrected chi connectivity index (χ3v) is 11.5. The zero-order valence-corrected chi connectivity index (χ0v) is 31.4. The highest BCUT2D eigenvalue weighted by Crippen LogP contribution is 2.35. The minimum Gasteiger partial charge on any atom is -0.401 e. The molecule has 3 unspecified atom stereocenters. The Balaban J connectivity index is 0.000000176. The molecule has 0 aromatic heterocycles. The number of hydrogen-bond donors (Lipinski definition) is 3. The van der Waals surface area contributed by atoms with Gasteiger partial charge in [0.05, 0.1) is 6.04 Å². The molecule has 3 atom stereocenters. The third-order valence-electron chi connectivity index (χ3n) is 11.5. The summed E-state index contributed by atoms with van der Waals surface area (Å²) >= 11 is 0. The van der Waals surface area contributed by atoms with Crippen LogP contribution < -0.4 is 16.9 Å². The fraction of sp³-hybridized carbons (Fsp3) is 0.522. The number of hydrogen-bond acceptors (Lipinski definition) is 4. The van der Waals surface area contributed by atoms with Crippen LogP contribution in [0.25, 0.3) is 22.3 Å². The summed E-state index contributed by atoms with van der Waals surface area (Å²) in [6.07, 6.45) is 23.0. The van der Waals surface area contributed by atoms with Gasteiger partial charge in [0, 0.05) is 18.3 Å². The fourth-order valence-corrected chi connectivity index (χ4v) is 8.57. The van der Waals surface area contributed by atoms with Crippen LogP contribution in [0.1, 0.15) is 125 Å². The number of benzene rings is 3. The Morgan fingerprint density at radius 1 is 0.780 bits per heavy atom. The lowest BCUT2D eigenvalue weighted by molar-refractivity contribution is 0.160. The molecule has 4 heteroatoms. The van der Waals surface area contributed by atoms with E-state index in [0.29, 0.717) is 18.0 Å². The second-order valence-corrected chi connectivity index (χ2v) is 15.5. The van der Waals surface area contributed by atoms with E-state index < -0.39 is 0 Å². The van der Waals surface area contributed by atoms with Crippen LogP contribution in [0.4, 0.5) is 0 Å². The lowest BCUT2D eigenvalue weighted by atomic mass is 9.82. The average Bonchev–Trinajstić information content (AvgIpc) is 3.61. The number of nitrogens with two attached hydrogens (primary N) is 2. The van der Waals surface area contributed by atoms with Gasteiger partial charge in [-0.25, -0.2) is 5.01 Å². The van der Waals surface area contributed by atoms with Crippen molar-refractivity contribution < 1.29 is 0 Å². The van der Waals surface area contributed by atoms with Crippen LogP contribution >= 0.6 is 0 Å². The molecule has 1 saturated carbocycles. The standard InChI is InChI=1S/C27H28.C10H22N4.C9H16/c1-19-5-4-8-26-18-25(15-16-27(19)26)22-11-9-21(10-12-22)24-14-13-20-6-2-3-7-23(20)17-24;1-8(5-6-11)13-14-7-3-4-10(14)9(2)12;1-2-6-9-7-4-3-5-8-9/h9-19H,2-8H2,1H3;8,10,13H,2-7,11-12H2,1H3;2,9H,1,3-8H2. The molecule has 0 bridgehead atoms. The lowest BCUT2D eigenvalue weighted by Gasteiger charge is -2.28. The van der Waals surface area contributed by atoms with E-state index in [1.165, 1.54) is 112 Å². The molecule has 1 heterocycles. The molecule has 1 aliphatic heterocycles. The number of nitrogens with one attached hydrogen (secondary N) is 1. The molecule has 4 nitrogen and oxygen atoms in total. The second-order valence-electron chi connectivity index (χ2n) is 15.5. The first kappa shape index (κ1) is 38.1. The van der Waals surface area contributed by atoms with Crippen molar-refractivity contribution in [1.82, 2.24) is 10.4 Å². The van der Waals surface area contributed by atoms with Crippen LogP contribution in [0.15, 0.2) is 85.6 Å². The molecule has 3 aromatic carbocycles. The van der Waals surface area contributed by atoms with Gasteiger partial charge in [0.25, 0.3) is 0 Å². The zero-order valence-electron chi connectivity index (χ0n) is 31.4. The minimum atomic E-state index is 0.301. The summed E-state index contributed by atoms with van der Waals surface area (Å²) in [5, 5.41) is 2.20. The summed E-state index contributed by atoms with van der Waals surface area (Å²) in [7, 11) is 0. The van der Waals surface area contributed by atoms with Crippen molar-refractivity contribution in [3.63, 3.8) is 0 Å². The topological polar surface area (TPSA) is 67.3 Å². The van der Waals surface area contributed by atoms with Gasteiger partial charge in [0.15, 0.2) is 0 Å². The molecule has 2 fully saturated rings. The predicted molar refractivity (Wildman–Crippen MR) is 216 cm³/mol. The number of allylic oxidation sites excluding steroid dienone is 1. The Hall–Kier alpha value is -3.18. The molecule has 0 radical (unpaired) electrons. The maximum atomic E-state index is 5.74. The first-order chi connectivity index (χ1) is 24.4. The van der Waals surface area contributed by atoms with Crippen molar-refractivity contribution in [3.8, 4) is 22.3 Å². The van der Waals surface area contributed by atoms with Crippen LogP contribution in [0.2, 0.25) is 0 Å². The third kappa shape index (κ3) is 10.7. The SMILES string of the molecule is C=C(N)C1CCCN1NC(C)CCN.C=CCC1CCCCC1.CC1CCCc2cc(-c3ccc(-c4ccc5c(c4)CCCC5)cc3)ccc21. The Morgan fingerprint density at radius 2 is 1.40 bits per heavy atom. The molecule has 5 N–H and O–H groups in total. The molecular weight excluding hydrogens is 609 g/mol. The summed E-state index contributed by atoms with van der Waals surface area (Å²) in [6, 6.07) is 24.1. The Labute approximate surface area is 304 Å². The van der Waals surface area contributed by atoms with E-state index in [0.717, 1.165) is 37.5 Å². The van der Waals surface area contributed by atoms with Crippen molar-refractivity contribution in [2.45, 2.75) is 135 Å². The number of hydrazine groups is 1. The summed E-state index contributed by atoms with van der Waals surface area (Å²) in [5.41, 5.74) is 27.1. The Bertz CT molecular complexity index is 1500. The summed E-state index contributed by atoms with van der Waals surface area (Å²) < 4.78 is 0. The van der Waals surface area contributed by atoms with E-state index in [1.54, 1.807) is 22.3 Å². The van der Waals surface area contributed by atoms with Gasteiger partial charge in [-0.2, -0.15) is 0 Å². The number of nitrogens with zero attached hydrogens (tertiary/aromatic N) is 1. The summed E-state index contributed by atoms with van der Waals surface area (Å²) in [6.45, 7) is 13.8. The largest absolute Gasteiger partial charge is 0.401 e. The smallest absolute Gasteiger partial charge is 0.0632 e. The predicted octanol–water partition coefficient (Wildman–Crippen LogP) is 10.6. The van der Waals surface area contributed by atoms with Crippen LogP contribution in [0.3, 0.4) is 0 Å². The summed E-state index contributed by atoms with van der Waals surface area (Å²) in [5.74, 6) is 1.70. The van der Waals surface area contributed by atoms with E-state index in [1.807, 2.05) is 0 Å². The average molecular weight is 675 g/mol. The minimum absolute atomic E-state index is 0.301. The quantitative estimate of drug-likeness (QED) is 0.198. The number of rotatable bonds is 9. The normalized spacial score (nSPS) is 21.0. The van der Waals surface area contributed by atoms with Crippen LogP contribution in [0, 0.1) is 5.92 Å². The van der Waals surface area contributed by atoms with Crippen molar-refractivity contribution in [2.24, 2.45) is 17.4 Å². The first-order valence-corrected chi connectivity index (χ1v) is 20.0. The fourth-order valence-electron chi connectivity index (χ4n) is 8.57. The highest BCUT2D eigenvalue weighted by Gasteiger charge is 2.26. The van der Waals surface area contributed by atoms with Gasteiger partial charge < -0.3 is 11.5 Å². The maximum absolute atomic E-state index is 5.74. The van der Waals surface area contributed by atoms with Gasteiger partial charge >= 0.3 is 0 Å². The van der Waals surface area contributed by atoms with Crippen molar-refractivity contribution in [3.05, 3.63) is 108 Å². The Morgan fingerprint density at radius 3 is 2.06 bits per heavy atom. The van der Waals surface area contributed by atoms with E-state index in [4.69, 9.17) is 11.5 Å².